The second-order valence-corrected chi connectivity index (χ2v) is 2.68. The van der Waals surface area contributed by atoms with Gasteiger partial charge in [-0.15, -0.1) is 12.8 Å². The van der Waals surface area contributed by atoms with Crippen LogP contribution in [0.25, 0.3) is 0 Å². The summed E-state index contributed by atoms with van der Waals surface area (Å²) < 4.78 is 0. The van der Waals surface area contributed by atoms with Gasteiger partial charge >= 0.3 is 0 Å². The van der Waals surface area contributed by atoms with Crippen molar-refractivity contribution >= 4 is 0 Å². The molecule has 1 rings (SSSR count). The van der Waals surface area contributed by atoms with Crippen LogP contribution in [0, 0.1) is 12.8 Å². The SMILES string of the molecule is C#C.CNCCc1ccc(O)c(O)c1. The van der Waals surface area contributed by atoms with Crippen LogP contribution in [0.5, 0.6) is 11.5 Å². The smallest absolute Gasteiger partial charge is 0.157 e. The van der Waals surface area contributed by atoms with E-state index in [1.165, 1.54) is 6.07 Å². The van der Waals surface area contributed by atoms with Crippen molar-refractivity contribution in [1.29, 1.82) is 0 Å². The molecule has 0 amide bonds. The van der Waals surface area contributed by atoms with Crippen LogP contribution in [0.15, 0.2) is 18.2 Å². The van der Waals surface area contributed by atoms with E-state index in [2.05, 4.69) is 18.2 Å². The van der Waals surface area contributed by atoms with Crippen molar-refractivity contribution in [3.63, 3.8) is 0 Å². The maximum absolute atomic E-state index is 9.13. The lowest BCUT2D eigenvalue weighted by atomic mass is 10.1. The average molecular weight is 193 g/mol. The fourth-order valence-electron chi connectivity index (χ4n) is 0.994. The molecule has 1 aromatic rings. The Bertz CT molecular complexity index is 295. The Kier molecular flexibility index (Phi) is 6.01. The van der Waals surface area contributed by atoms with E-state index in [4.69, 9.17) is 10.2 Å². The second-order valence-electron chi connectivity index (χ2n) is 2.68. The summed E-state index contributed by atoms with van der Waals surface area (Å²) >= 11 is 0. The Morgan fingerprint density at radius 1 is 1.21 bits per heavy atom. The van der Waals surface area contributed by atoms with E-state index < -0.39 is 0 Å². The third-order valence-corrected chi connectivity index (χ3v) is 1.70. The molecule has 0 heterocycles. The molecule has 0 saturated heterocycles. The first kappa shape index (κ1) is 12.3. The zero-order valence-electron chi connectivity index (χ0n) is 8.20. The zero-order chi connectivity index (χ0) is 11.0. The first-order valence-electron chi connectivity index (χ1n) is 4.23. The molecule has 0 bridgehead atoms. The van der Waals surface area contributed by atoms with Crippen molar-refractivity contribution in [3.8, 4) is 24.3 Å². The van der Waals surface area contributed by atoms with Crippen molar-refractivity contribution in [2.24, 2.45) is 0 Å². The monoisotopic (exact) mass is 193 g/mol. The lowest BCUT2D eigenvalue weighted by Crippen LogP contribution is -2.09. The largest absolute Gasteiger partial charge is 0.504 e. The van der Waals surface area contributed by atoms with Gasteiger partial charge in [0.15, 0.2) is 11.5 Å². The predicted molar refractivity (Wildman–Crippen MR) is 57.3 cm³/mol. The van der Waals surface area contributed by atoms with E-state index in [0.29, 0.717) is 0 Å². The summed E-state index contributed by atoms with van der Waals surface area (Å²) in [6, 6.07) is 4.87. The number of aromatic hydroxyl groups is 2. The van der Waals surface area contributed by atoms with Gasteiger partial charge in [-0.05, 0) is 37.7 Å². The molecule has 3 N–H and O–H groups in total. The minimum atomic E-state index is -0.0665. The summed E-state index contributed by atoms with van der Waals surface area (Å²) in [6.07, 6.45) is 8.85. The number of likely N-dealkylation sites (N-methyl/N-ethyl adjacent to an activating group) is 1. The average Bonchev–Trinajstić information content (AvgIpc) is 2.23. The first-order chi connectivity index (χ1) is 6.74. The number of hydrogen-bond acceptors (Lipinski definition) is 3. The summed E-state index contributed by atoms with van der Waals surface area (Å²) in [5.74, 6) is -0.119. The fourth-order valence-corrected chi connectivity index (χ4v) is 0.994. The van der Waals surface area contributed by atoms with Gasteiger partial charge in [-0.2, -0.15) is 0 Å². The molecular weight excluding hydrogens is 178 g/mol. The molecule has 0 fully saturated rings. The van der Waals surface area contributed by atoms with Gasteiger partial charge in [-0.1, -0.05) is 6.07 Å². The van der Waals surface area contributed by atoms with Gasteiger partial charge in [0, 0.05) is 0 Å². The molecule has 0 aliphatic heterocycles. The van der Waals surface area contributed by atoms with Crippen LogP contribution in [0.1, 0.15) is 5.56 Å². The molecule has 14 heavy (non-hydrogen) atoms. The standard InChI is InChI=1S/C9H13NO2.C2H2/c1-10-5-4-7-2-3-8(11)9(12)6-7;1-2/h2-3,6,10-12H,4-5H2,1H3;1-2H. The molecule has 0 aromatic heterocycles. The molecule has 0 atom stereocenters. The second kappa shape index (κ2) is 6.81. The molecule has 1 aromatic carbocycles. The van der Waals surface area contributed by atoms with Gasteiger partial charge in [-0.25, -0.2) is 0 Å². The number of phenolic OH excluding ortho intramolecular Hbond substituents is 2. The molecule has 0 aliphatic rings. The van der Waals surface area contributed by atoms with E-state index in [9.17, 15) is 0 Å². The highest BCUT2D eigenvalue weighted by atomic mass is 16.3. The number of phenols is 2. The number of rotatable bonds is 3. The Balaban J connectivity index is 0.000000791. The Morgan fingerprint density at radius 3 is 2.36 bits per heavy atom. The number of nitrogens with one attached hydrogen (secondary N) is 1. The van der Waals surface area contributed by atoms with Gasteiger partial charge in [0.2, 0.25) is 0 Å². The van der Waals surface area contributed by atoms with Gasteiger partial charge in [0.25, 0.3) is 0 Å². The molecule has 3 nitrogen and oxygen atoms in total. The third-order valence-electron chi connectivity index (χ3n) is 1.70. The quantitative estimate of drug-likeness (QED) is 0.498. The predicted octanol–water partition coefficient (Wildman–Crippen LogP) is 1.11. The van der Waals surface area contributed by atoms with Crippen molar-refractivity contribution in [2.45, 2.75) is 6.42 Å². The molecular formula is C11H15NO2. The normalized spacial score (nSPS) is 8.79. The number of hydrogen-bond donors (Lipinski definition) is 3. The van der Waals surface area contributed by atoms with Gasteiger partial charge in [0.1, 0.15) is 0 Å². The highest BCUT2D eigenvalue weighted by Gasteiger charge is 1.99. The fraction of sp³-hybridized carbons (Fsp3) is 0.273. The van der Waals surface area contributed by atoms with Crippen molar-refractivity contribution in [1.82, 2.24) is 5.32 Å². The Labute approximate surface area is 84.4 Å². The summed E-state index contributed by atoms with van der Waals surface area (Å²) in [6.45, 7) is 0.865. The number of terminal acetylenes is 1. The van der Waals surface area contributed by atoms with Crippen molar-refractivity contribution in [3.05, 3.63) is 23.8 Å². The molecule has 3 heteroatoms. The van der Waals surface area contributed by atoms with Crippen molar-refractivity contribution < 1.29 is 10.2 Å². The van der Waals surface area contributed by atoms with E-state index in [1.807, 2.05) is 7.05 Å². The van der Waals surface area contributed by atoms with Crippen LogP contribution in [0.3, 0.4) is 0 Å². The van der Waals surface area contributed by atoms with E-state index in [0.717, 1.165) is 18.5 Å². The van der Waals surface area contributed by atoms with Gasteiger partial charge in [0.05, 0.1) is 0 Å². The van der Waals surface area contributed by atoms with Crippen molar-refractivity contribution in [2.75, 3.05) is 13.6 Å². The lowest BCUT2D eigenvalue weighted by Gasteiger charge is -2.02. The van der Waals surface area contributed by atoms with E-state index in [-0.39, 0.29) is 11.5 Å². The summed E-state index contributed by atoms with van der Waals surface area (Å²) in [7, 11) is 1.88. The van der Waals surface area contributed by atoms with Crippen LogP contribution in [0.2, 0.25) is 0 Å². The molecule has 0 unspecified atom stereocenters. The summed E-state index contributed by atoms with van der Waals surface area (Å²) in [5.41, 5.74) is 1.01. The first-order valence-corrected chi connectivity index (χ1v) is 4.23. The Morgan fingerprint density at radius 2 is 1.86 bits per heavy atom. The zero-order valence-corrected chi connectivity index (χ0v) is 8.20. The molecule has 0 radical (unpaired) electrons. The topological polar surface area (TPSA) is 52.5 Å². The number of benzene rings is 1. The molecule has 0 saturated carbocycles. The highest BCUT2D eigenvalue weighted by Crippen LogP contribution is 2.24. The lowest BCUT2D eigenvalue weighted by molar-refractivity contribution is 0.403. The van der Waals surface area contributed by atoms with Gasteiger partial charge < -0.3 is 15.5 Å². The van der Waals surface area contributed by atoms with Gasteiger partial charge in [-0.3, -0.25) is 0 Å². The maximum Gasteiger partial charge on any atom is 0.157 e. The summed E-state index contributed by atoms with van der Waals surface area (Å²) in [4.78, 5) is 0. The highest BCUT2D eigenvalue weighted by molar-refractivity contribution is 5.40. The van der Waals surface area contributed by atoms with Crippen LogP contribution in [-0.2, 0) is 6.42 Å². The Hall–Kier alpha value is -1.66. The van der Waals surface area contributed by atoms with Crippen LogP contribution in [0.4, 0.5) is 0 Å². The minimum absolute atomic E-state index is 0.0522. The summed E-state index contributed by atoms with van der Waals surface area (Å²) in [5, 5.41) is 21.1. The molecule has 0 aliphatic carbocycles. The minimum Gasteiger partial charge on any atom is -0.504 e. The van der Waals surface area contributed by atoms with Crippen LogP contribution < -0.4 is 5.32 Å². The maximum atomic E-state index is 9.13. The van der Waals surface area contributed by atoms with Crippen LogP contribution in [-0.4, -0.2) is 23.8 Å². The molecule has 0 spiro atoms. The third kappa shape index (κ3) is 3.83. The van der Waals surface area contributed by atoms with E-state index >= 15 is 0 Å². The van der Waals surface area contributed by atoms with Crippen LogP contribution >= 0.6 is 0 Å². The molecule has 76 valence electrons. The van der Waals surface area contributed by atoms with E-state index in [1.54, 1.807) is 12.1 Å².